The van der Waals surface area contributed by atoms with Crippen LogP contribution in [0.1, 0.15) is 26.3 Å². The zero-order valence-corrected chi connectivity index (χ0v) is 14.9. The number of pyridine rings is 1. The lowest BCUT2D eigenvalue weighted by Gasteiger charge is -2.21. The Morgan fingerprint density at radius 2 is 1.81 bits per heavy atom. The molecule has 7 nitrogen and oxygen atoms in total. The van der Waals surface area contributed by atoms with Crippen LogP contribution in [0.15, 0.2) is 42.6 Å². The molecule has 136 valence electrons. The molecule has 1 aromatic carbocycles. The topological polar surface area (TPSA) is 115 Å². The first-order valence-electron chi connectivity index (χ1n) is 7.95. The number of nitrogens with two attached hydrogens (primary N) is 1. The van der Waals surface area contributed by atoms with Gasteiger partial charge in [-0.2, -0.15) is 0 Å². The maximum Gasteiger partial charge on any atom is 0.322 e. The van der Waals surface area contributed by atoms with E-state index in [0.29, 0.717) is 11.3 Å². The van der Waals surface area contributed by atoms with E-state index in [-0.39, 0.29) is 12.4 Å². The number of hydrogen-bond donors (Lipinski definition) is 2. The van der Waals surface area contributed by atoms with E-state index in [1.54, 1.807) is 44.3 Å². The van der Waals surface area contributed by atoms with Crippen LogP contribution < -0.4 is 10.5 Å². The van der Waals surface area contributed by atoms with Crippen molar-refractivity contribution in [1.29, 1.82) is 5.41 Å². The minimum Gasteiger partial charge on any atom is -0.492 e. The van der Waals surface area contributed by atoms with Gasteiger partial charge in [0.25, 0.3) is 0 Å². The zero-order chi connectivity index (χ0) is 19.3. The second-order valence-electron chi connectivity index (χ2n) is 6.42. The third-order valence-corrected chi connectivity index (χ3v) is 3.61. The second-order valence-corrected chi connectivity index (χ2v) is 6.42. The summed E-state index contributed by atoms with van der Waals surface area (Å²) in [7, 11) is 0. The number of aromatic nitrogens is 1. The molecule has 0 aliphatic carbocycles. The van der Waals surface area contributed by atoms with Crippen LogP contribution in [0.4, 0.5) is 0 Å². The van der Waals surface area contributed by atoms with E-state index in [9.17, 15) is 9.59 Å². The normalized spacial score (nSPS) is 10.9. The average molecular weight is 355 g/mol. The largest absolute Gasteiger partial charge is 0.492 e. The molecule has 0 amide bonds. The summed E-state index contributed by atoms with van der Waals surface area (Å²) in [5, 5.41) is 7.37. The lowest BCUT2D eigenvalue weighted by atomic mass is 9.95. The Morgan fingerprint density at radius 3 is 2.31 bits per heavy atom. The molecule has 0 saturated heterocycles. The van der Waals surface area contributed by atoms with Crippen molar-refractivity contribution in [3.63, 3.8) is 0 Å². The molecule has 2 rings (SSSR count). The Hall–Kier alpha value is -3.22. The van der Waals surface area contributed by atoms with Crippen LogP contribution in [0, 0.1) is 10.8 Å². The van der Waals surface area contributed by atoms with Crippen molar-refractivity contribution in [2.24, 2.45) is 11.1 Å². The van der Waals surface area contributed by atoms with E-state index in [4.69, 9.17) is 15.9 Å². The van der Waals surface area contributed by atoms with Gasteiger partial charge in [-0.3, -0.25) is 20.0 Å². The average Bonchev–Trinajstić information content (AvgIpc) is 2.60. The maximum absolute atomic E-state index is 11.9. The van der Waals surface area contributed by atoms with E-state index in [1.165, 1.54) is 6.92 Å². The fourth-order valence-electron chi connectivity index (χ4n) is 2.04. The van der Waals surface area contributed by atoms with E-state index < -0.39 is 17.4 Å². The molecular formula is C19H21N3O4. The molecule has 0 radical (unpaired) electrons. The van der Waals surface area contributed by atoms with Gasteiger partial charge >= 0.3 is 11.9 Å². The smallest absolute Gasteiger partial charge is 0.322 e. The first kappa shape index (κ1) is 19.1. The van der Waals surface area contributed by atoms with Crippen LogP contribution >= 0.6 is 0 Å². The van der Waals surface area contributed by atoms with E-state index >= 15 is 0 Å². The Kier molecular flexibility index (Phi) is 5.71. The predicted octanol–water partition coefficient (Wildman–Crippen LogP) is 2.53. The van der Waals surface area contributed by atoms with Crippen LogP contribution in [-0.4, -0.2) is 29.4 Å². The molecule has 0 bridgehead atoms. The number of hydrogen-bond acceptors (Lipinski definition) is 6. The fourth-order valence-corrected chi connectivity index (χ4v) is 2.04. The highest BCUT2D eigenvalue weighted by Crippen LogP contribution is 2.24. The summed E-state index contributed by atoms with van der Waals surface area (Å²) in [4.78, 5) is 27.0. The number of nitrogens with one attached hydrogen (secondary N) is 1. The molecule has 0 spiro atoms. The van der Waals surface area contributed by atoms with Crippen LogP contribution in [0.25, 0.3) is 11.3 Å². The molecule has 0 unspecified atom stereocenters. The van der Waals surface area contributed by atoms with Gasteiger partial charge in [0, 0.05) is 24.2 Å². The number of nitrogen functional groups attached to an aromatic ring is 1. The molecule has 0 atom stereocenters. The summed E-state index contributed by atoms with van der Waals surface area (Å²) < 4.78 is 10.3. The lowest BCUT2D eigenvalue weighted by molar-refractivity contribution is -0.165. The first-order valence-corrected chi connectivity index (χ1v) is 7.95. The van der Waals surface area contributed by atoms with Gasteiger partial charge in [0.05, 0.1) is 11.1 Å². The van der Waals surface area contributed by atoms with Gasteiger partial charge in [-0.25, -0.2) is 0 Å². The number of benzene rings is 1. The van der Waals surface area contributed by atoms with Gasteiger partial charge in [-0.15, -0.1) is 0 Å². The van der Waals surface area contributed by atoms with Gasteiger partial charge < -0.3 is 15.2 Å². The van der Waals surface area contributed by atoms with Gasteiger partial charge in [0.15, 0.2) is 0 Å². The van der Waals surface area contributed by atoms with E-state index in [1.807, 2.05) is 12.1 Å². The second kappa shape index (κ2) is 7.77. The summed E-state index contributed by atoms with van der Waals surface area (Å²) in [6.45, 7) is 4.55. The molecule has 1 aromatic heterocycles. The number of esters is 2. The summed E-state index contributed by atoms with van der Waals surface area (Å²) in [5.41, 5.74) is 6.65. The van der Waals surface area contributed by atoms with E-state index in [0.717, 1.165) is 11.3 Å². The van der Waals surface area contributed by atoms with Crippen molar-refractivity contribution in [2.45, 2.75) is 20.8 Å². The zero-order valence-electron chi connectivity index (χ0n) is 14.9. The molecule has 2 aromatic rings. The number of carbonyl (C=O) groups is 2. The number of carbonyl (C=O) groups excluding carboxylic acids is 2. The fraction of sp³-hybridized carbons (Fsp3) is 0.263. The predicted molar refractivity (Wildman–Crippen MR) is 96.7 cm³/mol. The van der Waals surface area contributed by atoms with E-state index in [2.05, 4.69) is 9.72 Å². The van der Waals surface area contributed by atoms with Crippen molar-refractivity contribution in [3.05, 3.63) is 48.2 Å². The Labute approximate surface area is 151 Å². The highest BCUT2D eigenvalue weighted by atomic mass is 16.6. The molecule has 26 heavy (non-hydrogen) atoms. The van der Waals surface area contributed by atoms with Crippen molar-refractivity contribution in [2.75, 3.05) is 6.61 Å². The maximum atomic E-state index is 11.9. The van der Waals surface area contributed by atoms with Gasteiger partial charge in [0.1, 0.15) is 18.2 Å². The van der Waals surface area contributed by atoms with Crippen LogP contribution in [0.5, 0.6) is 5.75 Å². The van der Waals surface area contributed by atoms with Crippen molar-refractivity contribution < 1.29 is 19.1 Å². The highest BCUT2D eigenvalue weighted by molar-refractivity contribution is 5.94. The molecule has 0 aliphatic rings. The van der Waals surface area contributed by atoms with Crippen molar-refractivity contribution in [1.82, 2.24) is 4.98 Å². The molecule has 3 N–H and O–H groups in total. The van der Waals surface area contributed by atoms with Crippen LogP contribution in [0.3, 0.4) is 0 Å². The quantitative estimate of drug-likeness (QED) is 0.356. The molecule has 0 aliphatic heterocycles. The number of ether oxygens (including phenoxy) is 2. The number of rotatable bonds is 6. The summed E-state index contributed by atoms with van der Waals surface area (Å²) in [5.74, 6) is -0.719. The third-order valence-electron chi connectivity index (χ3n) is 3.61. The minimum atomic E-state index is -0.950. The standard InChI is InChI=1S/C19H21N3O4/c1-12(23)26-18(24)19(2,3)11-25-15-7-4-13(5-8-15)16-9-6-14(10-22-16)17(20)21/h4-10H,11H2,1-3H3,(H3,20,21). The molecule has 7 heteroatoms. The SMILES string of the molecule is CC(=O)OC(=O)C(C)(C)COc1ccc(-c2ccc(C(=N)N)cn2)cc1. The molecule has 0 fully saturated rings. The highest BCUT2D eigenvalue weighted by Gasteiger charge is 2.31. The van der Waals surface area contributed by atoms with Crippen molar-refractivity contribution in [3.8, 4) is 17.0 Å². The Morgan fingerprint density at radius 1 is 1.15 bits per heavy atom. The molecule has 0 saturated carbocycles. The summed E-state index contributed by atoms with van der Waals surface area (Å²) in [6, 6.07) is 10.7. The van der Waals surface area contributed by atoms with Crippen LogP contribution in [-0.2, 0) is 14.3 Å². The number of nitrogens with zero attached hydrogens (tertiary/aromatic N) is 1. The van der Waals surface area contributed by atoms with Gasteiger partial charge in [-0.1, -0.05) is 0 Å². The molecule has 1 heterocycles. The Balaban J connectivity index is 2.02. The summed E-state index contributed by atoms with van der Waals surface area (Å²) >= 11 is 0. The van der Waals surface area contributed by atoms with Gasteiger partial charge in [0.2, 0.25) is 0 Å². The summed E-state index contributed by atoms with van der Waals surface area (Å²) in [6.07, 6.45) is 1.55. The molecular weight excluding hydrogens is 334 g/mol. The van der Waals surface area contributed by atoms with Crippen molar-refractivity contribution >= 4 is 17.8 Å². The van der Waals surface area contributed by atoms with Gasteiger partial charge in [-0.05, 0) is 50.2 Å². The first-order chi connectivity index (χ1) is 12.2. The van der Waals surface area contributed by atoms with Crippen LogP contribution in [0.2, 0.25) is 0 Å². The Bertz CT molecular complexity index is 812. The minimum absolute atomic E-state index is 0.0290. The lowest BCUT2D eigenvalue weighted by Crippen LogP contribution is -2.33. The number of amidine groups is 1. The monoisotopic (exact) mass is 355 g/mol. The third kappa shape index (κ3) is 4.89.